The number of ether oxygens (including phenoxy) is 1. The molecule has 1 aliphatic heterocycles. The second kappa shape index (κ2) is 9.33. The van der Waals surface area contributed by atoms with E-state index in [1.807, 2.05) is 6.07 Å². The van der Waals surface area contributed by atoms with Gasteiger partial charge >= 0.3 is 0 Å². The second-order valence-corrected chi connectivity index (χ2v) is 9.68. The van der Waals surface area contributed by atoms with Crippen molar-refractivity contribution >= 4 is 28.2 Å². The van der Waals surface area contributed by atoms with Gasteiger partial charge in [-0.05, 0) is 67.0 Å². The first-order valence-electron chi connectivity index (χ1n) is 11.5. The number of aromatic nitrogens is 1. The van der Waals surface area contributed by atoms with Gasteiger partial charge in [-0.25, -0.2) is 0 Å². The Kier molecular flexibility index (Phi) is 6.27. The van der Waals surface area contributed by atoms with E-state index in [1.165, 1.54) is 41.4 Å². The zero-order valence-electron chi connectivity index (χ0n) is 18.5. The summed E-state index contributed by atoms with van der Waals surface area (Å²) >= 11 is 5.92. The van der Waals surface area contributed by atoms with Crippen LogP contribution in [0.25, 0.3) is 10.9 Å². The van der Waals surface area contributed by atoms with Gasteiger partial charge in [-0.3, -0.25) is 15.0 Å². The lowest BCUT2D eigenvalue weighted by molar-refractivity contribution is -0.384. The van der Waals surface area contributed by atoms with Crippen LogP contribution in [-0.2, 0) is 19.7 Å². The Balaban J connectivity index is 1.37. The van der Waals surface area contributed by atoms with Gasteiger partial charge in [-0.15, -0.1) is 0 Å². The highest BCUT2D eigenvalue weighted by Crippen LogP contribution is 2.35. The minimum atomic E-state index is -0.480. The average molecular weight is 470 g/mol. The summed E-state index contributed by atoms with van der Waals surface area (Å²) in [5.74, 6) is 1.51. The largest absolute Gasteiger partial charge is 0.489 e. The van der Waals surface area contributed by atoms with Crippen molar-refractivity contribution < 1.29 is 14.8 Å². The molecule has 2 heterocycles. The molecule has 0 bridgehead atoms. The van der Waals surface area contributed by atoms with Crippen molar-refractivity contribution in [2.75, 3.05) is 13.1 Å². The highest BCUT2D eigenvalue weighted by atomic mass is 35.5. The van der Waals surface area contributed by atoms with E-state index in [0.29, 0.717) is 5.56 Å². The van der Waals surface area contributed by atoms with Gasteiger partial charge in [0.05, 0.1) is 11.0 Å². The lowest BCUT2D eigenvalue weighted by Gasteiger charge is -2.29. The topological polar surface area (TPSA) is 80.8 Å². The predicted octanol–water partition coefficient (Wildman–Crippen LogP) is 5.15. The number of rotatable bonds is 8. The third kappa shape index (κ3) is 5.16. The Morgan fingerprint density at radius 2 is 1.91 bits per heavy atom. The lowest BCUT2D eigenvalue weighted by Crippen LogP contribution is -2.35. The smallest absolute Gasteiger partial charge is 0.288 e. The van der Waals surface area contributed by atoms with Crippen molar-refractivity contribution in [1.82, 2.24) is 9.47 Å². The molecule has 1 aliphatic carbocycles. The second-order valence-electron chi connectivity index (χ2n) is 9.27. The standard InChI is InChI=1S/C25H28ClN3O4/c26-23-5-3-18(11-25(23)29(31)32)16-33-21-4-6-24-22(12-21)19(15-28(24)13-17-1-2-17)14-27-9-7-20(30)8-10-27/h3-6,11-12,15,17,20,30H,1-2,7-10,13-14,16H2. The van der Waals surface area contributed by atoms with Crippen LogP contribution in [0.4, 0.5) is 5.69 Å². The van der Waals surface area contributed by atoms with Crippen LogP contribution in [0.2, 0.25) is 5.02 Å². The molecular weight excluding hydrogens is 442 g/mol. The maximum Gasteiger partial charge on any atom is 0.288 e. The van der Waals surface area contributed by atoms with Crippen molar-refractivity contribution in [3.05, 3.63) is 68.9 Å². The molecule has 5 rings (SSSR count). The van der Waals surface area contributed by atoms with Crippen LogP contribution in [0, 0.1) is 16.0 Å². The fourth-order valence-corrected chi connectivity index (χ4v) is 4.75. The molecule has 1 saturated carbocycles. The molecule has 8 heteroatoms. The molecule has 2 aliphatic rings. The first-order chi connectivity index (χ1) is 16.0. The molecule has 0 unspecified atom stereocenters. The van der Waals surface area contributed by atoms with Crippen LogP contribution >= 0.6 is 11.6 Å². The summed E-state index contributed by atoms with van der Waals surface area (Å²) < 4.78 is 8.38. The summed E-state index contributed by atoms with van der Waals surface area (Å²) in [4.78, 5) is 13.1. The highest BCUT2D eigenvalue weighted by Gasteiger charge is 2.24. The normalized spacial score (nSPS) is 17.5. The number of nitro groups is 1. The van der Waals surface area contributed by atoms with Crippen LogP contribution in [0.3, 0.4) is 0 Å². The third-order valence-corrected chi connectivity index (χ3v) is 6.97. The maximum absolute atomic E-state index is 11.2. The molecule has 2 fully saturated rings. The third-order valence-electron chi connectivity index (χ3n) is 6.65. The number of nitro benzene ring substituents is 1. The van der Waals surface area contributed by atoms with E-state index in [9.17, 15) is 15.2 Å². The number of aliphatic hydroxyl groups excluding tert-OH is 1. The van der Waals surface area contributed by atoms with Crippen molar-refractivity contribution in [1.29, 1.82) is 0 Å². The fraction of sp³-hybridized carbons (Fsp3) is 0.440. The Hall–Kier alpha value is -2.61. The Bertz CT molecular complexity index is 1170. The van der Waals surface area contributed by atoms with Gasteiger partial charge in [-0.2, -0.15) is 0 Å². The van der Waals surface area contributed by atoms with E-state index in [4.69, 9.17) is 16.3 Å². The van der Waals surface area contributed by atoms with E-state index in [-0.39, 0.29) is 23.4 Å². The van der Waals surface area contributed by atoms with Crippen LogP contribution in [0.5, 0.6) is 5.75 Å². The number of nitrogens with zero attached hydrogens (tertiary/aromatic N) is 3. The molecule has 2 aromatic carbocycles. The molecule has 0 spiro atoms. The van der Waals surface area contributed by atoms with Gasteiger partial charge in [0.25, 0.3) is 5.69 Å². The van der Waals surface area contributed by atoms with Crippen molar-refractivity contribution in [3.63, 3.8) is 0 Å². The summed E-state index contributed by atoms with van der Waals surface area (Å²) in [5.41, 5.74) is 3.07. The van der Waals surface area contributed by atoms with E-state index in [0.717, 1.165) is 50.7 Å². The first kappa shape index (κ1) is 22.2. The molecule has 0 amide bonds. The molecule has 174 valence electrons. The molecule has 1 N–H and O–H groups in total. The van der Waals surface area contributed by atoms with Gasteiger partial charge in [0, 0.05) is 49.3 Å². The number of hydrogen-bond acceptors (Lipinski definition) is 5. The van der Waals surface area contributed by atoms with Crippen molar-refractivity contribution in [2.45, 2.75) is 51.5 Å². The predicted molar refractivity (Wildman–Crippen MR) is 128 cm³/mol. The number of halogens is 1. The van der Waals surface area contributed by atoms with Crippen LogP contribution < -0.4 is 4.74 Å². The first-order valence-corrected chi connectivity index (χ1v) is 11.9. The molecule has 3 aromatic rings. The van der Waals surface area contributed by atoms with E-state index in [1.54, 1.807) is 6.07 Å². The molecule has 0 radical (unpaired) electrons. The minimum Gasteiger partial charge on any atom is -0.489 e. The zero-order valence-corrected chi connectivity index (χ0v) is 19.2. The number of hydrogen-bond donors (Lipinski definition) is 1. The number of aliphatic hydroxyl groups is 1. The Morgan fingerprint density at radius 1 is 1.12 bits per heavy atom. The van der Waals surface area contributed by atoms with Gasteiger partial charge in [0.2, 0.25) is 0 Å². The number of likely N-dealkylation sites (tertiary alicyclic amines) is 1. The van der Waals surface area contributed by atoms with Gasteiger partial charge in [0.15, 0.2) is 0 Å². The number of benzene rings is 2. The highest BCUT2D eigenvalue weighted by molar-refractivity contribution is 6.32. The quantitative estimate of drug-likeness (QED) is 0.364. The van der Waals surface area contributed by atoms with Gasteiger partial charge in [0.1, 0.15) is 17.4 Å². The van der Waals surface area contributed by atoms with Crippen LogP contribution in [-0.4, -0.2) is 38.7 Å². The fourth-order valence-electron chi connectivity index (χ4n) is 4.57. The molecule has 1 aromatic heterocycles. The van der Waals surface area contributed by atoms with Crippen LogP contribution in [0.1, 0.15) is 36.8 Å². The minimum absolute atomic E-state index is 0.112. The van der Waals surface area contributed by atoms with E-state index < -0.39 is 4.92 Å². The van der Waals surface area contributed by atoms with Crippen molar-refractivity contribution in [3.8, 4) is 5.75 Å². The molecular formula is C25H28ClN3O4. The van der Waals surface area contributed by atoms with Gasteiger partial charge in [-0.1, -0.05) is 17.7 Å². The number of piperidine rings is 1. The molecule has 7 nitrogen and oxygen atoms in total. The van der Waals surface area contributed by atoms with Crippen molar-refractivity contribution in [2.24, 2.45) is 5.92 Å². The summed E-state index contributed by atoms with van der Waals surface area (Å²) in [6.07, 6.45) is 6.34. The van der Waals surface area contributed by atoms with E-state index in [2.05, 4.69) is 27.8 Å². The zero-order chi connectivity index (χ0) is 22.9. The van der Waals surface area contributed by atoms with Gasteiger partial charge < -0.3 is 14.4 Å². The van der Waals surface area contributed by atoms with E-state index >= 15 is 0 Å². The molecule has 1 saturated heterocycles. The SMILES string of the molecule is O=[N+]([O-])c1cc(COc2ccc3c(c2)c(CN2CCC(O)CC2)cn3CC2CC2)ccc1Cl. The Morgan fingerprint density at radius 3 is 2.64 bits per heavy atom. The lowest BCUT2D eigenvalue weighted by atomic mass is 10.1. The monoisotopic (exact) mass is 469 g/mol. The average Bonchev–Trinajstić information content (AvgIpc) is 3.56. The van der Waals surface area contributed by atoms with Crippen LogP contribution in [0.15, 0.2) is 42.6 Å². The molecule has 33 heavy (non-hydrogen) atoms. The molecule has 0 atom stereocenters. The summed E-state index contributed by atoms with van der Waals surface area (Å²) in [5, 5.41) is 22.3. The number of fused-ring (bicyclic) bond motifs is 1. The summed E-state index contributed by atoms with van der Waals surface area (Å²) in [7, 11) is 0. The summed E-state index contributed by atoms with van der Waals surface area (Å²) in [6, 6.07) is 10.9. The maximum atomic E-state index is 11.2. The summed E-state index contributed by atoms with van der Waals surface area (Å²) in [6.45, 7) is 3.94. The Labute approximate surface area is 197 Å².